The zero-order valence-corrected chi connectivity index (χ0v) is 14.1. The monoisotopic (exact) mass is 349 g/mol. The van der Waals surface area contributed by atoms with Crippen LogP contribution in [0.2, 0.25) is 0 Å². The highest BCUT2D eigenvalue weighted by Crippen LogP contribution is 2.31. The Morgan fingerprint density at radius 2 is 1.92 bits per heavy atom. The standard InChI is InChI=1S/C19H15N3O2S/c23-13-24-10-18(16-11-25-12-20-16)22-17-9-5-4-8-15(17)19(21-22)14-6-2-1-3-7-14/h1-9,11-13,18H,10H2. The average Bonchev–Trinajstić information content (AvgIpc) is 3.32. The molecule has 0 fully saturated rings. The molecule has 0 aliphatic carbocycles. The van der Waals surface area contributed by atoms with Crippen molar-refractivity contribution in [1.29, 1.82) is 0 Å². The molecule has 0 aliphatic rings. The normalized spacial score (nSPS) is 12.2. The molecule has 0 radical (unpaired) electrons. The molecule has 0 N–H and O–H groups in total. The highest BCUT2D eigenvalue weighted by atomic mass is 32.1. The molecule has 124 valence electrons. The van der Waals surface area contributed by atoms with E-state index in [2.05, 4.69) is 11.1 Å². The van der Waals surface area contributed by atoms with Gasteiger partial charge < -0.3 is 4.74 Å². The summed E-state index contributed by atoms with van der Waals surface area (Å²) in [4.78, 5) is 15.1. The van der Waals surface area contributed by atoms with Crippen molar-refractivity contribution in [2.45, 2.75) is 6.04 Å². The van der Waals surface area contributed by atoms with Gasteiger partial charge in [0.1, 0.15) is 18.3 Å². The Morgan fingerprint density at radius 3 is 2.68 bits per heavy atom. The van der Waals surface area contributed by atoms with Crippen molar-refractivity contribution in [2.75, 3.05) is 6.61 Å². The predicted molar refractivity (Wildman–Crippen MR) is 97.4 cm³/mol. The van der Waals surface area contributed by atoms with E-state index in [-0.39, 0.29) is 12.6 Å². The van der Waals surface area contributed by atoms with Crippen LogP contribution in [0.25, 0.3) is 22.2 Å². The molecule has 0 saturated carbocycles. The second-order valence-electron chi connectivity index (χ2n) is 5.54. The van der Waals surface area contributed by atoms with Crippen molar-refractivity contribution in [2.24, 2.45) is 0 Å². The van der Waals surface area contributed by atoms with Crippen LogP contribution in [-0.4, -0.2) is 27.8 Å². The number of fused-ring (bicyclic) bond motifs is 1. The fourth-order valence-electron chi connectivity index (χ4n) is 2.93. The minimum Gasteiger partial charge on any atom is -0.465 e. The zero-order valence-electron chi connectivity index (χ0n) is 13.3. The van der Waals surface area contributed by atoms with E-state index >= 15 is 0 Å². The minimum atomic E-state index is -0.265. The molecule has 2 aromatic heterocycles. The predicted octanol–water partition coefficient (Wildman–Crippen LogP) is 3.92. The van der Waals surface area contributed by atoms with Crippen molar-refractivity contribution < 1.29 is 9.53 Å². The Bertz CT molecular complexity index is 981. The summed E-state index contributed by atoms with van der Waals surface area (Å²) in [6.45, 7) is 0.649. The first kappa shape index (κ1) is 15.5. The van der Waals surface area contributed by atoms with Gasteiger partial charge in [-0.25, -0.2) is 4.98 Å². The highest BCUT2D eigenvalue weighted by molar-refractivity contribution is 7.07. The fourth-order valence-corrected chi connectivity index (χ4v) is 3.53. The third-order valence-corrected chi connectivity index (χ3v) is 4.68. The molecule has 0 amide bonds. The first-order valence-corrected chi connectivity index (χ1v) is 8.79. The van der Waals surface area contributed by atoms with Gasteiger partial charge in [0.25, 0.3) is 6.47 Å². The molecular weight excluding hydrogens is 334 g/mol. The number of hydrogen-bond acceptors (Lipinski definition) is 5. The molecule has 4 aromatic rings. The summed E-state index contributed by atoms with van der Waals surface area (Å²) < 4.78 is 6.96. The molecule has 0 saturated heterocycles. The first-order chi connectivity index (χ1) is 12.4. The Labute approximate surface area is 148 Å². The van der Waals surface area contributed by atoms with E-state index in [0.29, 0.717) is 6.47 Å². The molecule has 6 heteroatoms. The number of nitrogens with zero attached hydrogens (tertiary/aromatic N) is 3. The Kier molecular flexibility index (Phi) is 4.26. The number of thiazole rings is 1. The highest BCUT2D eigenvalue weighted by Gasteiger charge is 2.22. The first-order valence-electron chi connectivity index (χ1n) is 7.84. The molecule has 0 bridgehead atoms. The number of hydrogen-bond donors (Lipinski definition) is 0. The van der Waals surface area contributed by atoms with Crippen LogP contribution in [0.5, 0.6) is 0 Å². The van der Waals surface area contributed by atoms with E-state index in [0.717, 1.165) is 27.9 Å². The number of benzene rings is 2. The molecule has 2 heterocycles. The summed E-state index contributed by atoms with van der Waals surface area (Å²) in [6.07, 6.45) is 0. The molecule has 25 heavy (non-hydrogen) atoms. The fraction of sp³-hybridized carbons (Fsp3) is 0.105. The van der Waals surface area contributed by atoms with Gasteiger partial charge in [0, 0.05) is 16.3 Å². The van der Waals surface area contributed by atoms with Gasteiger partial charge in [0.05, 0.1) is 16.7 Å². The molecule has 1 unspecified atom stereocenters. The summed E-state index contributed by atoms with van der Waals surface area (Å²) in [5.41, 5.74) is 5.54. The largest absolute Gasteiger partial charge is 0.465 e. The van der Waals surface area contributed by atoms with Gasteiger partial charge in [-0.2, -0.15) is 5.10 Å². The number of rotatable bonds is 6. The number of aromatic nitrogens is 3. The van der Waals surface area contributed by atoms with Gasteiger partial charge in [-0.05, 0) is 6.07 Å². The maximum Gasteiger partial charge on any atom is 0.293 e. The summed E-state index contributed by atoms with van der Waals surface area (Å²) in [6, 6.07) is 17.9. The van der Waals surface area contributed by atoms with Crippen LogP contribution in [0.15, 0.2) is 65.5 Å². The molecule has 2 aromatic carbocycles. The van der Waals surface area contributed by atoms with Crippen LogP contribution < -0.4 is 0 Å². The van der Waals surface area contributed by atoms with Crippen molar-refractivity contribution >= 4 is 28.7 Å². The van der Waals surface area contributed by atoms with Crippen LogP contribution in [0.1, 0.15) is 11.7 Å². The lowest BCUT2D eigenvalue weighted by Gasteiger charge is -2.15. The lowest BCUT2D eigenvalue weighted by atomic mass is 10.1. The van der Waals surface area contributed by atoms with E-state index in [1.807, 2.05) is 58.6 Å². The van der Waals surface area contributed by atoms with Crippen molar-refractivity contribution in [3.05, 3.63) is 71.2 Å². The minimum absolute atomic E-state index is 0.188. The molecule has 4 rings (SSSR count). The molecule has 0 spiro atoms. The van der Waals surface area contributed by atoms with E-state index < -0.39 is 0 Å². The quantitative estimate of drug-likeness (QED) is 0.495. The topological polar surface area (TPSA) is 57.0 Å². The van der Waals surface area contributed by atoms with Gasteiger partial charge in [0.15, 0.2) is 0 Å². The average molecular weight is 349 g/mol. The van der Waals surface area contributed by atoms with Gasteiger partial charge in [-0.3, -0.25) is 9.48 Å². The summed E-state index contributed by atoms with van der Waals surface area (Å²) >= 11 is 1.51. The van der Waals surface area contributed by atoms with Gasteiger partial charge in [0.2, 0.25) is 0 Å². The van der Waals surface area contributed by atoms with Crippen LogP contribution in [0.3, 0.4) is 0 Å². The van der Waals surface area contributed by atoms with Crippen molar-refractivity contribution in [3.8, 4) is 11.3 Å². The van der Waals surface area contributed by atoms with Crippen LogP contribution >= 0.6 is 11.3 Å². The van der Waals surface area contributed by atoms with Gasteiger partial charge >= 0.3 is 0 Å². The third kappa shape index (κ3) is 2.92. The number of para-hydroxylation sites is 1. The van der Waals surface area contributed by atoms with E-state index in [4.69, 9.17) is 9.84 Å². The molecule has 5 nitrogen and oxygen atoms in total. The summed E-state index contributed by atoms with van der Waals surface area (Å²) in [5.74, 6) is 0. The number of ether oxygens (including phenoxy) is 1. The molecule has 0 aliphatic heterocycles. The Hall–Kier alpha value is -2.99. The van der Waals surface area contributed by atoms with Crippen LogP contribution in [-0.2, 0) is 9.53 Å². The summed E-state index contributed by atoms with van der Waals surface area (Å²) in [7, 11) is 0. The second-order valence-corrected chi connectivity index (χ2v) is 6.25. The third-order valence-electron chi connectivity index (χ3n) is 4.07. The Balaban J connectivity index is 1.90. The van der Waals surface area contributed by atoms with Crippen LogP contribution in [0, 0.1) is 0 Å². The molecular formula is C19H15N3O2S. The van der Waals surface area contributed by atoms with E-state index in [1.165, 1.54) is 11.3 Å². The second kappa shape index (κ2) is 6.86. The lowest BCUT2D eigenvalue weighted by molar-refractivity contribution is -0.129. The van der Waals surface area contributed by atoms with Crippen molar-refractivity contribution in [1.82, 2.24) is 14.8 Å². The van der Waals surface area contributed by atoms with Crippen LogP contribution in [0.4, 0.5) is 0 Å². The van der Waals surface area contributed by atoms with E-state index in [1.54, 1.807) is 5.51 Å². The van der Waals surface area contributed by atoms with Crippen molar-refractivity contribution in [3.63, 3.8) is 0 Å². The number of carbonyl (C=O) groups is 1. The molecule has 1 atom stereocenters. The Morgan fingerprint density at radius 1 is 1.12 bits per heavy atom. The lowest BCUT2D eigenvalue weighted by Crippen LogP contribution is -2.18. The maximum absolute atomic E-state index is 10.7. The SMILES string of the molecule is O=COCC(c1cscn1)n1nc(-c2ccccc2)c2ccccc21. The van der Waals surface area contributed by atoms with Gasteiger partial charge in [-0.15, -0.1) is 11.3 Å². The van der Waals surface area contributed by atoms with Gasteiger partial charge in [-0.1, -0.05) is 48.5 Å². The zero-order chi connectivity index (χ0) is 17.1. The van der Waals surface area contributed by atoms with E-state index in [9.17, 15) is 4.79 Å². The summed E-state index contributed by atoms with van der Waals surface area (Å²) in [5, 5.41) is 7.87. The smallest absolute Gasteiger partial charge is 0.293 e. The maximum atomic E-state index is 10.7. The number of carbonyl (C=O) groups excluding carboxylic acids is 1.